The quantitative estimate of drug-likeness (QED) is 0.601. The van der Waals surface area contributed by atoms with Gasteiger partial charge in [0.2, 0.25) is 0 Å². The van der Waals surface area contributed by atoms with E-state index in [0.717, 1.165) is 47.6 Å². The summed E-state index contributed by atoms with van der Waals surface area (Å²) < 4.78 is 5.83. The fourth-order valence-electron chi connectivity index (χ4n) is 3.21. The number of fused-ring (bicyclic) bond motifs is 1. The maximum absolute atomic E-state index is 7.41. The zero-order valence-corrected chi connectivity index (χ0v) is 16.4. The number of nitrogens with zero attached hydrogens (tertiary/aromatic N) is 4. The molecule has 1 unspecified atom stereocenters. The van der Waals surface area contributed by atoms with E-state index < -0.39 is 0 Å². The number of aliphatic imine (C=N–C) groups is 1. The number of aromatic amines is 1. The molecule has 1 aromatic heterocycles. The number of amidine groups is 1. The molecule has 0 aliphatic carbocycles. The van der Waals surface area contributed by atoms with Gasteiger partial charge in [-0.3, -0.25) is 15.3 Å². The van der Waals surface area contributed by atoms with Crippen LogP contribution in [0, 0.1) is 5.41 Å². The summed E-state index contributed by atoms with van der Waals surface area (Å²) in [6.45, 7) is 8.24. The van der Waals surface area contributed by atoms with E-state index in [1.807, 2.05) is 44.2 Å². The predicted octanol–water partition coefficient (Wildman–Crippen LogP) is 2.99. The van der Waals surface area contributed by atoms with Crippen LogP contribution in [0.2, 0.25) is 0 Å². The van der Waals surface area contributed by atoms with E-state index >= 15 is 0 Å². The maximum atomic E-state index is 7.41. The second-order valence-corrected chi connectivity index (χ2v) is 7.14. The molecule has 146 valence electrons. The van der Waals surface area contributed by atoms with Crippen LogP contribution in [-0.4, -0.2) is 65.3 Å². The second-order valence-electron chi connectivity index (χ2n) is 7.14. The third kappa shape index (κ3) is 4.64. The average Bonchev–Trinajstić information content (AvgIpc) is 3.05. The fourth-order valence-corrected chi connectivity index (χ4v) is 3.21. The number of ether oxygens (including phenoxy) is 1. The summed E-state index contributed by atoms with van der Waals surface area (Å²) in [5, 5.41) is 17.9. The average molecular weight is 372 g/mol. The molecule has 0 saturated carbocycles. The molecule has 1 fully saturated rings. The Morgan fingerprint density at radius 3 is 2.89 bits per heavy atom. The first-order valence-electron chi connectivity index (χ1n) is 9.27. The Kier molecular flexibility index (Phi) is 6.08. The first-order chi connectivity index (χ1) is 13.0. The van der Waals surface area contributed by atoms with Crippen molar-refractivity contribution >= 4 is 23.1 Å². The molecule has 0 bridgehead atoms. The first-order valence-corrected chi connectivity index (χ1v) is 9.27. The number of hydrogen-bond acceptors (Lipinski definition) is 5. The van der Waals surface area contributed by atoms with Crippen molar-refractivity contribution in [3.05, 3.63) is 23.9 Å². The van der Waals surface area contributed by atoms with Gasteiger partial charge >= 0.3 is 0 Å². The zero-order chi connectivity index (χ0) is 19.4. The minimum atomic E-state index is 0.124. The molecule has 8 nitrogen and oxygen atoms in total. The van der Waals surface area contributed by atoms with Crippen molar-refractivity contribution in [2.45, 2.75) is 39.2 Å². The van der Waals surface area contributed by atoms with E-state index in [4.69, 9.17) is 15.0 Å². The normalized spacial score (nSPS) is 17.5. The number of likely N-dealkylation sites (N-methyl/N-ethyl adjacent to an activating group) is 1. The van der Waals surface area contributed by atoms with Crippen LogP contribution in [0.15, 0.2) is 23.2 Å². The molecule has 1 atom stereocenters. The summed E-state index contributed by atoms with van der Waals surface area (Å²) in [6, 6.07) is 5.96. The standard InChI is InChI=1S/C19H28N6O2/c1-13(2)27-15-5-6-17-16(10-15)19(23-22-17)14(3)9-18(21-11-20)25-8-7-24(4)26-12-25/h5-6,10-11,13-14,20H,7-9,12H2,1-4H3,(H,22,23). The molecule has 3 rings (SSSR count). The summed E-state index contributed by atoms with van der Waals surface area (Å²) >= 11 is 0. The molecule has 27 heavy (non-hydrogen) atoms. The molecule has 1 aliphatic rings. The lowest BCUT2D eigenvalue weighted by Gasteiger charge is -2.34. The van der Waals surface area contributed by atoms with Gasteiger partial charge < -0.3 is 9.64 Å². The molecular weight excluding hydrogens is 344 g/mol. The Labute approximate surface area is 159 Å². The molecule has 1 saturated heterocycles. The number of benzene rings is 1. The molecular formula is C19H28N6O2. The van der Waals surface area contributed by atoms with Crippen molar-refractivity contribution < 1.29 is 9.57 Å². The fraction of sp³-hybridized carbons (Fsp3) is 0.526. The van der Waals surface area contributed by atoms with E-state index in [-0.39, 0.29) is 12.0 Å². The third-order valence-electron chi connectivity index (χ3n) is 4.61. The SMILES string of the molecule is CC(C)Oc1ccc2n[nH]c(C(C)CC(=NC=N)N3CCN(C)OC3)c2c1. The lowest BCUT2D eigenvalue weighted by molar-refractivity contribution is -0.194. The largest absolute Gasteiger partial charge is 0.491 e. The topological polar surface area (TPSA) is 89.8 Å². The Morgan fingerprint density at radius 1 is 1.41 bits per heavy atom. The van der Waals surface area contributed by atoms with Crippen LogP contribution >= 0.6 is 0 Å². The van der Waals surface area contributed by atoms with Gasteiger partial charge in [-0.2, -0.15) is 10.2 Å². The Hall–Kier alpha value is -2.45. The summed E-state index contributed by atoms with van der Waals surface area (Å²) in [7, 11) is 1.92. The highest BCUT2D eigenvalue weighted by Crippen LogP contribution is 2.29. The van der Waals surface area contributed by atoms with Crippen molar-refractivity contribution in [3.8, 4) is 5.75 Å². The molecule has 2 aromatic rings. The third-order valence-corrected chi connectivity index (χ3v) is 4.61. The van der Waals surface area contributed by atoms with Gasteiger partial charge in [0, 0.05) is 43.6 Å². The van der Waals surface area contributed by atoms with Crippen molar-refractivity contribution in [1.29, 1.82) is 5.41 Å². The van der Waals surface area contributed by atoms with E-state index in [2.05, 4.69) is 27.0 Å². The van der Waals surface area contributed by atoms with Gasteiger partial charge in [0.25, 0.3) is 0 Å². The van der Waals surface area contributed by atoms with E-state index in [1.54, 1.807) is 0 Å². The van der Waals surface area contributed by atoms with Gasteiger partial charge in [0.15, 0.2) is 0 Å². The second kappa shape index (κ2) is 8.49. The van der Waals surface area contributed by atoms with Crippen molar-refractivity contribution in [3.63, 3.8) is 0 Å². The summed E-state index contributed by atoms with van der Waals surface area (Å²) in [6.07, 6.45) is 1.91. The molecule has 8 heteroatoms. The van der Waals surface area contributed by atoms with Gasteiger partial charge in [0.05, 0.1) is 11.6 Å². The first kappa shape index (κ1) is 19.3. The van der Waals surface area contributed by atoms with Gasteiger partial charge in [0.1, 0.15) is 24.7 Å². The van der Waals surface area contributed by atoms with Crippen LogP contribution in [0.5, 0.6) is 5.75 Å². The van der Waals surface area contributed by atoms with Crippen LogP contribution in [-0.2, 0) is 4.84 Å². The molecule has 0 radical (unpaired) electrons. The minimum Gasteiger partial charge on any atom is -0.491 e. The minimum absolute atomic E-state index is 0.124. The number of H-pyrrole nitrogens is 1. The highest BCUT2D eigenvalue weighted by molar-refractivity contribution is 5.90. The summed E-state index contributed by atoms with van der Waals surface area (Å²) in [5.74, 6) is 1.85. The predicted molar refractivity (Wildman–Crippen MR) is 106 cm³/mol. The Balaban J connectivity index is 1.80. The van der Waals surface area contributed by atoms with Crippen LogP contribution in [0.1, 0.15) is 38.8 Å². The maximum Gasteiger partial charge on any atom is 0.141 e. The molecule has 2 N–H and O–H groups in total. The van der Waals surface area contributed by atoms with E-state index in [1.165, 1.54) is 0 Å². The number of rotatable bonds is 6. The van der Waals surface area contributed by atoms with E-state index in [0.29, 0.717) is 13.2 Å². The molecule has 1 aliphatic heterocycles. The molecule has 2 heterocycles. The highest BCUT2D eigenvalue weighted by Gasteiger charge is 2.22. The van der Waals surface area contributed by atoms with Crippen LogP contribution in [0.25, 0.3) is 10.9 Å². The lowest BCUT2D eigenvalue weighted by Crippen LogP contribution is -2.46. The molecule has 0 spiro atoms. The van der Waals surface area contributed by atoms with Crippen LogP contribution < -0.4 is 4.74 Å². The van der Waals surface area contributed by atoms with Crippen molar-refractivity contribution in [2.75, 3.05) is 26.9 Å². The summed E-state index contributed by atoms with van der Waals surface area (Å²) in [5.41, 5.74) is 1.97. The lowest BCUT2D eigenvalue weighted by atomic mass is 9.99. The number of nitrogens with one attached hydrogen (secondary N) is 2. The van der Waals surface area contributed by atoms with Gasteiger partial charge in [-0.05, 0) is 32.0 Å². The Bertz CT molecular complexity index is 808. The van der Waals surface area contributed by atoms with Crippen molar-refractivity contribution in [2.24, 2.45) is 4.99 Å². The van der Waals surface area contributed by atoms with Gasteiger partial charge in [-0.25, -0.2) is 4.99 Å². The molecule has 1 aromatic carbocycles. The molecule has 0 amide bonds. The number of hydroxylamine groups is 2. The van der Waals surface area contributed by atoms with Crippen LogP contribution in [0.3, 0.4) is 0 Å². The zero-order valence-electron chi connectivity index (χ0n) is 16.4. The van der Waals surface area contributed by atoms with Crippen molar-refractivity contribution in [1.82, 2.24) is 20.2 Å². The smallest absolute Gasteiger partial charge is 0.141 e. The number of aromatic nitrogens is 2. The monoisotopic (exact) mass is 372 g/mol. The van der Waals surface area contributed by atoms with Gasteiger partial charge in [-0.15, -0.1) is 0 Å². The van der Waals surface area contributed by atoms with Crippen LogP contribution in [0.4, 0.5) is 0 Å². The highest BCUT2D eigenvalue weighted by atomic mass is 16.7. The van der Waals surface area contributed by atoms with Gasteiger partial charge in [-0.1, -0.05) is 6.92 Å². The Morgan fingerprint density at radius 2 is 2.22 bits per heavy atom. The number of hydrogen-bond donors (Lipinski definition) is 2. The summed E-state index contributed by atoms with van der Waals surface area (Å²) in [4.78, 5) is 11.9. The van der Waals surface area contributed by atoms with E-state index in [9.17, 15) is 0 Å².